The number of nitrogens with one attached hydrogen (secondary N) is 1. The molecule has 1 saturated carbocycles. The van der Waals surface area contributed by atoms with E-state index in [0.29, 0.717) is 5.56 Å². The van der Waals surface area contributed by atoms with Gasteiger partial charge in [0, 0.05) is 12.1 Å². The first-order valence-corrected chi connectivity index (χ1v) is 10.1. The highest BCUT2D eigenvalue weighted by Gasteiger charge is 2.51. The van der Waals surface area contributed by atoms with Crippen molar-refractivity contribution in [3.05, 3.63) is 71.3 Å². The van der Waals surface area contributed by atoms with Crippen molar-refractivity contribution in [2.75, 3.05) is 19.6 Å². The van der Waals surface area contributed by atoms with Gasteiger partial charge in [-0.2, -0.15) is 0 Å². The monoisotopic (exact) mass is 377 g/mol. The molecular formula is C23H27N3O2. The number of hydrogen-bond donors (Lipinski definition) is 2. The molecule has 2 aromatic rings. The lowest BCUT2D eigenvalue weighted by molar-refractivity contribution is -0.124. The standard InChI is InChI=1S/C23H27N3O2/c24-21(27)18-9-6-10-19(15-18)23(11-12-23)22(28)25-20(16-26-13-4-5-14-26)17-7-2-1-3-8-17/h1-3,6-10,15,20H,4-5,11-14,16H2,(H2,24,27)(H,25,28). The molecule has 0 radical (unpaired) electrons. The van der Waals surface area contributed by atoms with Gasteiger partial charge in [-0.15, -0.1) is 0 Å². The molecule has 1 aliphatic carbocycles. The molecule has 146 valence electrons. The smallest absolute Gasteiger partial charge is 0.248 e. The van der Waals surface area contributed by atoms with Gasteiger partial charge in [-0.1, -0.05) is 42.5 Å². The van der Waals surface area contributed by atoms with E-state index in [-0.39, 0.29) is 11.9 Å². The minimum absolute atomic E-state index is 0.0383. The zero-order valence-electron chi connectivity index (χ0n) is 16.1. The van der Waals surface area contributed by atoms with Gasteiger partial charge in [0.25, 0.3) is 0 Å². The second-order valence-electron chi connectivity index (χ2n) is 7.97. The number of primary amides is 1. The Morgan fingerprint density at radius 3 is 2.39 bits per heavy atom. The van der Waals surface area contributed by atoms with Crippen molar-refractivity contribution in [1.82, 2.24) is 10.2 Å². The Kier molecular flexibility index (Phi) is 5.18. The van der Waals surface area contributed by atoms with E-state index in [4.69, 9.17) is 5.73 Å². The van der Waals surface area contributed by atoms with Crippen molar-refractivity contribution in [2.45, 2.75) is 37.1 Å². The molecule has 0 bridgehead atoms. The summed E-state index contributed by atoms with van der Waals surface area (Å²) in [5.41, 5.74) is 7.35. The summed E-state index contributed by atoms with van der Waals surface area (Å²) in [7, 11) is 0. The van der Waals surface area contributed by atoms with E-state index in [2.05, 4.69) is 22.3 Å². The summed E-state index contributed by atoms with van der Waals surface area (Å²) in [5.74, 6) is -0.420. The van der Waals surface area contributed by atoms with Crippen LogP contribution in [-0.4, -0.2) is 36.3 Å². The van der Waals surface area contributed by atoms with Crippen LogP contribution in [-0.2, 0) is 10.2 Å². The molecule has 5 nitrogen and oxygen atoms in total. The molecular weight excluding hydrogens is 350 g/mol. The molecule has 1 saturated heterocycles. The molecule has 0 spiro atoms. The summed E-state index contributed by atoms with van der Waals surface area (Å²) < 4.78 is 0. The fourth-order valence-electron chi connectivity index (χ4n) is 4.18. The number of likely N-dealkylation sites (tertiary alicyclic amines) is 1. The third-order valence-electron chi connectivity index (χ3n) is 6.03. The molecule has 2 fully saturated rings. The van der Waals surface area contributed by atoms with Crippen molar-refractivity contribution in [1.29, 1.82) is 0 Å². The van der Waals surface area contributed by atoms with Crippen molar-refractivity contribution in [3.8, 4) is 0 Å². The number of rotatable bonds is 7. The molecule has 1 heterocycles. The van der Waals surface area contributed by atoms with Crippen LogP contribution in [0.25, 0.3) is 0 Å². The largest absolute Gasteiger partial charge is 0.366 e. The Bertz CT molecular complexity index is 855. The second-order valence-corrected chi connectivity index (χ2v) is 7.97. The molecule has 1 aliphatic heterocycles. The Hall–Kier alpha value is -2.66. The van der Waals surface area contributed by atoms with Crippen molar-refractivity contribution in [2.24, 2.45) is 5.73 Å². The maximum absolute atomic E-state index is 13.3. The number of nitrogens with two attached hydrogens (primary N) is 1. The molecule has 2 aliphatic rings. The van der Waals surface area contributed by atoms with Crippen molar-refractivity contribution < 1.29 is 9.59 Å². The zero-order valence-corrected chi connectivity index (χ0v) is 16.1. The Morgan fingerprint density at radius 1 is 1.04 bits per heavy atom. The van der Waals surface area contributed by atoms with E-state index in [0.717, 1.165) is 43.6 Å². The van der Waals surface area contributed by atoms with Crippen LogP contribution in [0, 0.1) is 0 Å². The minimum atomic E-state index is -0.538. The molecule has 1 atom stereocenters. The molecule has 5 heteroatoms. The van der Waals surface area contributed by atoms with E-state index in [1.54, 1.807) is 12.1 Å². The maximum Gasteiger partial charge on any atom is 0.248 e. The van der Waals surface area contributed by atoms with Gasteiger partial charge in [0.1, 0.15) is 0 Å². The third kappa shape index (κ3) is 3.80. The lowest BCUT2D eigenvalue weighted by Gasteiger charge is -2.27. The van der Waals surface area contributed by atoms with Crippen molar-refractivity contribution in [3.63, 3.8) is 0 Å². The van der Waals surface area contributed by atoms with Gasteiger partial charge in [0.05, 0.1) is 11.5 Å². The normalized spacial score (nSPS) is 19.1. The highest BCUT2D eigenvalue weighted by atomic mass is 16.2. The lowest BCUT2D eigenvalue weighted by Crippen LogP contribution is -2.42. The van der Waals surface area contributed by atoms with Crippen LogP contribution in [0.3, 0.4) is 0 Å². The maximum atomic E-state index is 13.3. The Labute approximate surface area is 165 Å². The Balaban J connectivity index is 1.55. The lowest BCUT2D eigenvalue weighted by atomic mass is 9.92. The summed E-state index contributed by atoms with van der Waals surface area (Å²) in [6.45, 7) is 3.00. The SMILES string of the molecule is NC(=O)c1cccc(C2(C(=O)NC(CN3CCCC3)c3ccccc3)CC2)c1. The molecule has 2 aromatic carbocycles. The zero-order chi connectivity index (χ0) is 19.6. The predicted molar refractivity (Wildman–Crippen MR) is 109 cm³/mol. The number of carbonyl (C=O) groups excluding carboxylic acids is 2. The van der Waals surface area contributed by atoms with Gasteiger partial charge in [-0.05, 0) is 62.0 Å². The summed E-state index contributed by atoms with van der Waals surface area (Å²) in [6, 6.07) is 17.3. The minimum Gasteiger partial charge on any atom is -0.366 e. The summed E-state index contributed by atoms with van der Waals surface area (Å²) in [4.78, 5) is 27.3. The highest BCUT2D eigenvalue weighted by Crippen LogP contribution is 2.49. The van der Waals surface area contributed by atoms with Crippen molar-refractivity contribution >= 4 is 11.8 Å². The first-order chi connectivity index (χ1) is 13.6. The van der Waals surface area contributed by atoms with Crippen LogP contribution < -0.4 is 11.1 Å². The average Bonchev–Trinajstić information content (AvgIpc) is 3.38. The van der Waals surface area contributed by atoms with Crippen LogP contribution in [0.1, 0.15) is 53.2 Å². The number of nitrogens with zero attached hydrogens (tertiary/aromatic N) is 1. The van der Waals surface area contributed by atoms with Gasteiger partial charge in [-0.3, -0.25) is 9.59 Å². The van der Waals surface area contributed by atoms with E-state index < -0.39 is 11.3 Å². The van der Waals surface area contributed by atoms with Gasteiger partial charge >= 0.3 is 0 Å². The fraction of sp³-hybridized carbons (Fsp3) is 0.391. The number of benzene rings is 2. The summed E-state index contributed by atoms with van der Waals surface area (Å²) >= 11 is 0. The fourth-order valence-corrected chi connectivity index (χ4v) is 4.18. The Morgan fingerprint density at radius 2 is 1.75 bits per heavy atom. The van der Waals surface area contributed by atoms with E-state index in [1.807, 2.05) is 30.3 Å². The molecule has 1 unspecified atom stereocenters. The van der Waals surface area contributed by atoms with Gasteiger partial charge in [0.2, 0.25) is 11.8 Å². The topological polar surface area (TPSA) is 75.4 Å². The van der Waals surface area contributed by atoms with E-state index >= 15 is 0 Å². The quantitative estimate of drug-likeness (QED) is 0.779. The first kappa shape index (κ1) is 18.7. The highest BCUT2D eigenvalue weighted by molar-refractivity contribution is 5.95. The third-order valence-corrected chi connectivity index (χ3v) is 6.03. The predicted octanol–water partition coefficient (Wildman–Crippen LogP) is 2.77. The van der Waals surface area contributed by atoms with Gasteiger partial charge in [0.15, 0.2) is 0 Å². The summed E-state index contributed by atoms with van der Waals surface area (Å²) in [5, 5.41) is 3.31. The first-order valence-electron chi connectivity index (χ1n) is 10.1. The molecule has 3 N–H and O–H groups in total. The van der Waals surface area contributed by atoms with E-state index in [1.165, 1.54) is 12.8 Å². The van der Waals surface area contributed by atoms with Gasteiger partial charge < -0.3 is 16.0 Å². The molecule has 0 aromatic heterocycles. The molecule has 4 rings (SSSR count). The van der Waals surface area contributed by atoms with Crippen LogP contribution in [0.4, 0.5) is 0 Å². The van der Waals surface area contributed by atoms with Crippen LogP contribution in [0.15, 0.2) is 54.6 Å². The van der Waals surface area contributed by atoms with E-state index in [9.17, 15) is 9.59 Å². The van der Waals surface area contributed by atoms with Crippen LogP contribution in [0.2, 0.25) is 0 Å². The summed E-state index contributed by atoms with van der Waals surface area (Å²) in [6.07, 6.45) is 4.04. The number of carbonyl (C=O) groups is 2. The van der Waals surface area contributed by atoms with Gasteiger partial charge in [-0.25, -0.2) is 0 Å². The molecule has 2 amide bonds. The van der Waals surface area contributed by atoms with Crippen LogP contribution >= 0.6 is 0 Å². The second kappa shape index (κ2) is 7.76. The number of amides is 2. The number of hydrogen-bond acceptors (Lipinski definition) is 3. The van der Waals surface area contributed by atoms with Crippen LogP contribution in [0.5, 0.6) is 0 Å². The molecule has 28 heavy (non-hydrogen) atoms. The average molecular weight is 377 g/mol.